The Kier molecular flexibility index (Phi) is 5.96. The molecule has 0 atom stereocenters. The molecule has 0 saturated carbocycles. The minimum absolute atomic E-state index is 0.162. The van der Waals surface area contributed by atoms with Gasteiger partial charge in [-0.2, -0.15) is 13.2 Å². The van der Waals surface area contributed by atoms with Crippen molar-refractivity contribution in [3.05, 3.63) is 57.5 Å². The molecule has 4 nitrogen and oxygen atoms in total. The summed E-state index contributed by atoms with van der Waals surface area (Å²) in [6.07, 6.45) is -0.883. The van der Waals surface area contributed by atoms with E-state index in [1.807, 2.05) is 0 Å². The van der Waals surface area contributed by atoms with Gasteiger partial charge in [0, 0.05) is 28.2 Å². The van der Waals surface area contributed by atoms with E-state index in [2.05, 4.69) is 49.0 Å². The van der Waals surface area contributed by atoms with Gasteiger partial charge in [0.25, 0.3) is 5.56 Å². The van der Waals surface area contributed by atoms with Gasteiger partial charge in [-0.3, -0.25) is 4.79 Å². The predicted molar refractivity (Wildman–Crippen MR) is 122 cm³/mol. The Morgan fingerprint density at radius 1 is 1.16 bits per heavy atom. The van der Waals surface area contributed by atoms with Gasteiger partial charge in [-0.15, -0.1) is 0 Å². The summed E-state index contributed by atoms with van der Waals surface area (Å²) in [5.41, 5.74) is 4.43. The van der Waals surface area contributed by atoms with E-state index in [1.54, 1.807) is 13.0 Å². The molecule has 1 N–H and O–H groups in total. The third-order valence-electron chi connectivity index (χ3n) is 6.53. The molecule has 2 aromatic heterocycles. The zero-order valence-corrected chi connectivity index (χ0v) is 19.0. The lowest BCUT2D eigenvalue weighted by Crippen LogP contribution is -2.29. The van der Waals surface area contributed by atoms with Gasteiger partial charge < -0.3 is 14.5 Å². The van der Waals surface area contributed by atoms with Crippen LogP contribution in [0.3, 0.4) is 0 Å². The van der Waals surface area contributed by atoms with Crippen LogP contribution >= 0.6 is 0 Å². The molecule has 0 unspecified atom stereocenters. The van der Waals surface area contributed by atoms with Crippen LogP contribution in [0.1, 0.15) is 55.2 Å². The van der Waals surface area contributed by atoms with Crippen LogP contribution in [0.25, 0.3) is 22.2 Å². The van der Waals surface area contributed by atoms with Gasteiger partial charge in [0.2, 0.25) is 0 Å². The molecule has 3 heterocycles. The van der Waals surface area contributed by atoms with Crippen molar-refractivity contribution in [1.29, 1.82) is 0 Å². The van der Waals surface area contributed by atoms with Crippen LogP contribution in [0.15, 0.2) is 35.3 Å². The quantitative estimate of drug-likeness (QED) is 0.551. The largest absolute Gasteiger partial charge is 0.406 e. The SMILES string of the molecule is Cc1cc(-c2[nH]c3ccc(C4CCN(C)CC4)cc3c2C(C)C)cn(CC(F)(F)F)c1=O. The first kappa shape index (κ1) is 22.6. The van der Waals surface area contributed by atoms with Crippen LogP contribution in [0, 0.1) is 6.92 Å². The summed E-state index contributed by atoms with van der Waals surface area (Å²) < 4.78 is 39.9. The number of benzene rings is 1. The maximum absolute atomic E-state index is 13.0. The molecule has 1 aliphatic heterocycles. The van der Waals surface area contributed by atoms with Crippen LogP contribution in [0.4, 0.5) is 13.2 Å². The Labute approximate surface area is 186 Å². The number of pyridine rings is 1. The molecule has 172 valence electrons. The number of piperidine rings is 1. The summed E-state index contributed by atoms with van der Waals surface area (Å²) in [6, 6.07) is 8.18. The summed E-state index contributed by atoms with van der Waals surface area (Å²) >= 11 is 0. The van der Waals surface area contributed by atoms with E-state index < -0.39 is 18.3 Å². The Hall–Kier alpha value is -2.54. The molecule has 0 radical (unpaired) electrons. The normalized spacial score (nSPS) is 16.4. The average molecular weight is 446 g/mol. The summed E-state index contributed by atoms with van der Waals surface area (Å²) in [7, 11) is 2.15. The zero-order valence-electron chi connectivity index (χ0n) is 19.0. The Balaban J connectivity index is 1.83. The van der Waals surface area contributed by atoms with E-state index in [0.717, 1.165) is 52.7 Å². The molecule has 7 heteroatoms. The topological polar surface area (TPSA) is 41.0 Å². The molecule has 1 aromatic carbocycles. The van der Waals surface area contributed by atoms with E-state index in [-0.39, 0.29) is 5.92 Å². The number of aryl methyl sites for hydroxylation is 1. The van der Waals surface area contributed by atoms with Gasteiger partial charge in [0.05, 0.1) is 5.69 Å². The highest BCUT2D eigenvalue weighted by molar-refractivity contribution is 5.92. The first-order valence-electron chi connectivity index (χ1n) is 11.2. The second-order valence-corrected chi connectivity index (χ2v) is 9.41. The Morgan fingerprint density at radius 3 is 2.47 bits per heavy atom. The molecule has 0 spiro atoms. The Morgan fingerprint density at radius 2 is 1.84 bits per heavy atom. The first-order chi connectivity index (χ1) is 15.0. The van der Waals surface area contributed by atoms with Crippen molar-refractivity contribution in [2.75, 3.05) is 20.1 Å². The summed E-state index contributed by atoms with van der Waals surface area (Å²) in [4.78, 5) is 18.1. The number of aromatic nitrogens is 2. The van der Waals surface area contributed by atoms with Gasteiger partial charge in [-0.05, 0) is 81.1 Å². The van der Waals surface area contributed by atoms with Gasteiger partial charge in [0.1, 0.15) is 6.54 Å². The van der Waals surface area contributed by atoms with Crippen LogP contribution in [0.5, 0.6) is 0 Å². The second-order valence-electron chi connectivity index (χ2n) is 9.41. The fourth-order valence-corrected chi connectivity index (χ4v) is 4.89. The number of hydrogen-bond acceptors (Lipinski definition) is 2. The van der Waals surface area contributed by atoms with Crippen molar-refractivity contribution in [3.8, 4) is 11.3 Å². The van der Waals surface area contributed by atoms with Crippen LogP contribution in [0.2, 0.25) is 0 Å². The third kappa shape index (κ3) is 4.49. The predicted octanol–water partition coefficient (Wildman–Crippen LogP) is 5.80. The molecule has 32 heavy (non-hydrogen) atoms. The van der Waals surface area contributed by atoms with Gasteiger partial charge in [-0.1, -0.05) is 19.9 Å². The molecular weight excluding hydrogens is 415 g/mol. The van der Waals surface area contributed by atoms with Crippen molar-refractivity contribution in [1.82, 2.24) is 14.5 Å². The highest BCUT2D eigenvalue weighted by atomic mass is 19.4. The third-order valence-corrected chi connectivity index (χ3v) is 6.53. The Bertz CT molecular complexity index is 1180. The number of likely N-dealkylation sites (tertiary alicyclic amines) is 1. The maximum atomic E-state index is 13.0. The lowest BCUT2D eigenvalue weighted by atomic mass is 9.87. The van der Waals surface area contributed by atoms with E-state index in [0.29, 0.717) is 17.0 Å². The van der Waals surface area contributed by atoms with Crippen molar-refractivity contribution < 1.29 is 13.2 Å². The van der Waals surface area contributed by atoms with Crippen molar-refractivity contribution >= 4 is 10.9 Å². The lowest BCUT2D eigenvalue weighted by molar-refractivity contribution is -0.141. The number of halogens is 3. The molecule has 4 rings (SSSR count). The summed E-state index contributed by atoms with van der Waals surface area (Å²) in [6.45, 7) is 6.61. The highest BCUT2D eigenvalue weighted by Crippen LogP contribution is 2.38. The molecule has 3 aromatic rings. The van der Waals surface area contributed by atoms with Crippen molar-refractivity contribution in [3.63, 3.8) is 0 Å². The number of alkyl halides is 3. The smallest absolute Gasteiger partial charge is 0.354 e. The minimum atomic E-state index is -4.46. The molecule has 0 aliphatic carbocycles. The zero-order chi connectivity index (χ0) is 23.2. The average Bonchev–Trinajstić information content (AvgIpc) is 3.10. The molecule has 1 saturated heterocycles. The van der Waals surface area contributed by atoms with Crippen LogP contribution in [-0.2, 0) is 6.54 Å². The maximum Gasteiger partial charge on any atom is 0.406 e. The molecule has 0 amide bonds. The second kappa shape index (κ2) is 8.43. The van der Waals surface area contributed by atoms with Crippen LogP contribution in [-0.4, -0.2) is 40.8 Å². The van der Waals surface area contributed by atoms with Crippen molar-refractivity contribution in [2.24, 2.45) is 0 Å². The number of fused-ring (bicyclic) bond motifs is 1. The van der Waals surface area contributed by atoms with Gasteiger partial charge >= 0.3 is 6.18 Å². The van der Waals surface area contributed by atoms with E-state index in [4.69, 9.17) is 0 Å². The van der Waals surface area contributed by atoms with E-state index in [9.17, 15) is 18.0 Å². The fraction of sp³-hybridized carbons (Fsp3) is 0.480. The standard InChI is InChI=1S/C25H30F3N3O/c1-15(2)22-20-12-18(17-7-9-30(4)10-8-17)5-6-21(20)29-23(22)19-11-16(3)24(32)31(13-19)14-25(26,27)28/h5-6,11-13,15,17,29H,7-10,14H2,1-4H3. The fourth-order valence-electron chi connectivity index (χ4n) is 4.89. The number of nitrogens with zero attached hydrogens (tertiary/aromatic N) is 2. The van der Waals surface area contributed by atoms with Gasteiger partial charge in [-0.25, -0.2) is 0 Å². The number of hydrogen-bond donors (Lipinski definition) is 1. The monoisotopic (exact) mass is 445 g/mol. The highest BCUT2D eigenvalue weighted by Gasteiger charge is 2.29. The molecular formula is C25H30F3N3O. The van der Waals surface area contributed by atoms with Gasteiger partial charge in [0.15, 0.2) is 0 Å². The van der Waals surface area contributed by atoms with Crippen molar-refractivity contribution in [2.45, 2.75) is 58.2 Å². The number of rotatable bonds is 4. The molecule has 1 fully saturated rings. The molecule has 0 bridgehead atoms. The number of nitrogens with one attached hydrogen (secondary N) is 1. The van der Waals surface area contributed by atoms with E-state index in [1.165, 1.54) is 11.8 Å². The van der Waals surface area contributed by atoms with Crippen LogP contribution < -0.4 is 5.56 Å². The molecule has 1 aliphatic rings. The first-order valence-corrected chi connectivity index (χ1v) is 11.2. The van der Waals surface area contributed by atoms with E-state index >= 15 is 0 Å². The number of H-pyrrole nitrogens is 1. The minimum Gasteiger partial charge on any atom is -0.354 e. The number of aromatic amines is 1. The summed E-state index contributed by atoms with van der Waals surface area (Å²) in [5, 5.41) is 1.11. The summed E-state index contributed by atoms with van der Waals surface area (Å²) in [5.74, 6) is 0.680. The lowest BCUT2D eigenvalue weighted by Gasteiger charge is -2.29.